The van der Waals surface area contributed by atoms with Crippen LogP contribution in [-0.4, -0.2) is 50.0 Å². The average Bonchev–Trinajstić information content (AvgIpc) is 2.97. The van der Waals surface area contributed by atoms with Crippen molar-refractivity contribution in [2.45, 2.75) is 38.9 Å². The van der Waals surface area contributed by atoms with Crippen LogP contribution in [-0.2, 0) is 16.4 Å². The molecule has 1 aromatic heterocycles. The molecule has 20 heavy (non-hydrogen) atoms. The molecular formula is C14H24N2O2S2. The van der Waals surface area contributed by atoms with Gasteiger partial charge >= 0.3 is 0 Å². The zero-order chi connectivity index (χ0) is 14.6. The number of hydrogen-bond donors (Lipinski definition) is 1. The summed E-state index contributed by atoms with van der Waals surface area (Å²) in [5.74, 6) is 0.646. The Balaban J connectivity index is 1.75. The lowest BCUT2D eigenvalue weighted by atomic mass is 10.2. The minimum Gasteiger partial charge on any atom is -0.312 e. The van der Waals surface area contributed by atoms with Gasteiger partial charge in [-0.05, 0) is 31.7 Å². The maximum Gasteiger partial charge on any atom is 0.151 e. The van der Waals surface area contributed by atoms with E-state index in [0.717, 1.165) is 26.1 Å². The molecule has 0 saturated carbocycles. The number of thiophene rings is 1. The van der Waals surface area contributed by atoms with Crippen molar-refractivity contribution in [2.75, 3.05) is 24.6 Å². The Morgan fingerprint density at radius 3 is 2.85 bits per heavy atom. The lowest BCUT2D eigenvalue weighted by molar-refractivity contribution is 0.213. The average molecular weight is 316 g/mol. The van der Waals surface area contributed by atoms with Gasteiger partial charge in [-0.2, -0.15) is 0 Å². The molecule has 1 unspecified atom stereocenters. The van der Waals surface area contributed by atoms with Crippen LogP contribution in [0.4, 0.5) is 0 Å². The van der Waals surface area contributed by atoms with Crippen LogP contribution in [0, 0.1) is 0 Å². The van der Waals surface area contributed by atoms with E-state index in [0.29, 0.717) is 17.5 Å². The fraction of sp³-hybridized carbons (Fsp3) is 0.714. The Hall–Kier alpha value is -0.430. The monoisotopic (exact) mass is 316 g/mol. The van der Waals surface area contributed by atoms with Crippen LogP contribution < -0.4 is 5.32 Å². The fourth-order valence-electron chi connectivity index (χ4n) is 2.49. The summed E-state index contributed by atoms with van der Waals surface area (Å²) < 4.78 is 22.8. The molecule has 1 saturated heterocycles. The van der Waals surface area contributed by atoms with Gasteiger partial charge in [-0.15, -0.1) is 11.3 Å². The minimum absolute atomic E-state index is 0.149. The van der Waals surface area contributed by atoms with E-state index >= 15 is 0 Å². The van der Waals surface area contributed by atoms with E-state index in [1.165, 1.54) is 4.88 Å². The van der Waals surface area contributed by atoms with Crippen LogP contribution in [0.2, 0.25) is 0 Å². The highest BCUT2D eigenvalue weighted by Crippen LogP contribution is 2.14. The van der Waals surface area contributed by atoms with Crippen LogP contribution in [0.1, 0.15) is 25.1 Å². The molecule has 4 nitrogen and oxygen atoms in total. The molecule has 0 spiro atoms. The third kappa shape index (κ3) is 4.84. The van der Waals surface area contributed by atoms with Gasteiger partial charge in [0.15, 0.2) is 9.84 Å². The molecule has 0 aromatic carbocycles. The highest BCUT2D eigenvalue weighted by molar-refractivity contribution is 7.91. The minimum atomic E-state index is -2.78. The number of nitrogens with zero attached hydrogens (tertiary/aromatic N) is 1. The molecule has 1 atom stereocenters. The third-order valence-corrected chi connectivity index (χ3v) is 6.36. The van der Waals surface area contributed by atoms with Gasteiger partial charge in [0.1, 0.15) is 0 Å². The van der Waals surface area contributed by atoms with Crippen molar-refractivity contribution in [2.24, 2.45) is 0 Å². The molecule has 6 heteroatoms. The summed E-state index contributed by atoms with van der Waals surface area (Å²) >= 11 is 1.79. The zero-order valence-corrected chi connectivity index (χ0v) is 13.8. The summed E-state index contributed by atoms with van der Waals surface area (Å²) in [5, 5.41) is 5.49. The molecule has 0 amide bonds. The first-order chi connectivity index (χ1) is 9.46. The standard InChI is InChI=1S/C14H24N2O2S2/c1-12(2)16(10-14-4-3-8-19-14)7-6-15-13-5-9-20(17,18)11-13/h3-4,8,12-13,15H,5-7,9-11H2,1-2H3. The van der Waals surface area contributed by atoms with E-state index < -0.39 is 9.84 Å². The van der Waals surface area contributed by atoms with E-state index in [-0.39, 0.29) is 6.04 Å². The number of rotatable bonds is 7. The topological polar surface area (TPSA) is 49.4 Å². The Morgan fingerprint density at radius 2 is 2.30 bits per heavy atom. The van der Waals surface area contributed by atoms with Crippen molar-refractivity contribution < 1.29 is 8.42 Å². The van der Waals surface area contributed by atoms with Crippen molar-refractivity contribution in [3.63, 3.8) is 0 Å². The molecule has 0 bridgehead atoms. The Kier molecular flexibility index (Phi) is 5.60. The summed E-state index contributed by atoms with van der Waals surface area (Å²) in [5.41, 5.74) is 0. The molecule has 114 valence electrons. The fourth-order valence-corrected chi connectivity index (χ4v) is 4.93. The highest BCUT2D eigenvalue weighted by Gasteiger charge is 2.27. The van der Waals surface area contributed by atoms with Crippen molar-refractivity contribution in [1.29, 1.82) is 0 Å². The van der Waals surface area contributed by atoms with Crippen LogP contribution in [0.3, 0.4) is 0 Å². The summed E-state index contributed by atoms with van der Waals surface area (Å²) in [6.07, 6.45) is 0.759. The summed E-state index contributed by atoms with van der Waals surface area (Å²) in [6, 6.07) is 4.89. The van der Waals surface area contributed by atoms with Gasteiger partial charge in [-0.3, -0.25) is 4.90 Å². The van der Waals surface area contributed by atoms with Gasteiger partial charge in [-0.25, -0.2) is 8.42 Å². The summed E-state index contributed by atoms with van der Waals surface area (Å²) in [7, 11) is -2.78. The second kappa shape index (κ2) is 7.02. The van der Waals surface area contributed by atoms with Crippen molar-refractivity contribution in [3.05, 3.63) is 22.4 Å². The Bertz CT molecular complexity index is 497. The SMILES string of the molecule is CC(C)N(CCNC1CCS(=O)(=O)C1)Cc1cccs1. The van der Waals surface area contributed by atoms with Gasteiger partial charge in [-0.1, -0.05) is 6.07 Å². The lowest BCUT2D eigenvalue weighted by Crippen LogP contribution is -2.40. The molecule has 2 heterocycles. The predicted octanol–water partition coefficient (Wildman–Crippen LogP) is 1.74. The van der Waals surface area contributed by atoms with E-state index in [2.05, 4.69) is 41.6 Å². The summed E-state index contributed by atoms with van der Waals surface area (Å²) in [4.78, 5) is 3.80. The predicted molar refractivity (Wildman–Crippen MR) is 84.9 cm³/mol. The van der Waals surface area contributed by atoms with E-state index in [4.69, 9.17) is 0 Å². The van der Waals surface area contributed by atoms with Gasteiger partial charge in [0.05, 0.1) is 11.5 Å². The number of sulfone groups is 1. The molecule has 2 rings (SSSR count). The quantitative estimate of drug-likeness (QED) is 0.832. The highest BCUT2D eigenvalue weighted by atomic mass is 32.2. The van der Waals surface area contributed by atoms with Crippen LogP contribution in [0.15, 0.2) is 17.5 Å². The Morgan fingerprint density at radius 1 is 1.50 bits per heavy atom. The summed E-state index contributed by atoms with van der Waals surface area (Å²) in [6.45, 7) is 7.18. The smallest absolute Gasteiger partial charge is 0.151 e. The van der Waals surface area contributed by atoms with Gasteiger partial charge < -0.3 is 5.32 Å². The lowest BCUT2D eigenvalue weighted by Gasteiger charge is -2.26. The van der Waals surface area contributed by atoms with Gasteiger partial charge in [0.25, 0.3) is 0 Å². The molecule has 0 aliphatic carbocycles. The molecule has 1 aromatic rings. The first kappa shape index (κ1) is 15.9. The van der Waals surface area contributed by atoms with Crippen LogP contribution in [0.5, 0.6) is 0 Å². The van der Waals surface area contributed by atoms with Crippen molar-refractivity contribution >= 4 is 21.2 Å². The molecule has 1 N–H and O–H groups in total. The second-order valence-electron chi connectivity index (χ2n) is 5.70. The second-order valence-corrected chi connectivity index (χ2v) is 8.96. The zero-order valence-electron chi connectivity index (χ0n) is 12.2. The third-order valence-electron chi connectivity index (χ3n) is 3.73. The first-order valence-corrected chi connectivity index (χ1v) is 9.86. The number of hydrogen-bond acceptors (Lipinski definition) is 5. The van der Waals surface area contributed by atoms with Crippen LogP contribution in [0.25, 0.3) is 0 Å². The van der Waals surface area contributed by atoms with Crippen molar-refractivity contribution in [1.82, 2.24) is 10.2 Å². The van der Waals surface area contributed by atoms with E-state index in [1.54, 1.807) is 11.3 Å². The largest absolute Gasteiger partial charge is 0.312 e. The van der Waals surface area contributed by atoms with E-state index in [9.17, 15) is 8.42 Å². The maximum atomic E-state index is 11.4. The maximum absolute atomic E-state index is 11.4. The molecule has 1 aliphatic rings. The normalized spacial score (nSPS) is 21.9. The molecular weight excluding hydrogens is 292 g/mol. The molecule has 1 aliphatic heterocycles. The first-order valence-electron chi connectivity index (χ1n) is 7.16. The van der Waals surface area contributed by atoms with Crippen LogP contribution >= 0.6 is 11.3 Å². The van der Waals surface area contributed by atoms with Crippen molar-refractivity contribution in [3.8, 4) is 0 Å². The van der Waals surface area contributed by atoms with Gasteiger partial charge in [0, 0.05) is 36.6 Å². The number of nitrogens with one attached hydrogen (secondary N) is 1. The Labute approximate surface area is 126 Å². The molecule has 0 radical (unpaired) electrons. The van der Waals surface area contributed by atoms with E-state index in [1.807, 2.05) is 0 Å². The molecule has 1 fully saturated rings. The van der Waals surface area contributed by atoms with Gasteiger partial charge in [0.2, 0.25) is 0 Å².